The molecule has 0 saturated carbocycles. The Labute approximate surface area is 145 Å². The minimum Gasteiger partial charge on any atom is -0.375 e. The molecule has 0 unspecified atom stereocenters. The molecule has 4 nitrogen and oxygen atoms in total. The highest BCUT2D eigenvalue weighted by Gasteiger charge is 2.53. The summed E-state index contributed by atoms with van der Waals surface area (Å²) in [6.07, 6.45) is 2.71. The molecule has 2 atom stereocenters. The monoisotopic (exact) mass is 330 g/mol. The van der Waals surface area contributed by atoms with Crippen LogP contribution in [0.1, 0.15) is 57.2 Å². The molecule has 4 heteroatoms. The fourth-order valence-electron chi connectivity index (χ4n) is 4.48. The van der Waals surface area contributed by atoms with Crippen LogP contribution in [-0.4, -0.2) is 31.7 Å². The number of hydrogen-bond acceptors (Lipinski definition) is 3. The van der Waals surface area contributed by atoms with Gasteiger partial charge in [0.2, 0.25) is 5.91 Å². The summed E-state index contributed by atoms with van der Waals surface area (Å²) in [5.41, 5.74) is 2.64. The lowest BCUT2D eigenvalue weighted by Crippen LogP contribution is -2.50. The molecule has 1 saturated heterocycles. The van der Waals surface area contributed by atoms with Gasteiger partial charge in [0, 0.05) is 18.4 Å². The lowest BCUT2D eigenvalue weighted by molar-refractivity contribution is -0.124. The van der Waals surface area contributed by atoms with Crippen molar-refractivity contribution in [1.29, 1.82) is 0 Å². The Hall–Kier alpha value is -1.39. The van der Waals surface area contributed by atoms with E-state index in [2.05, 4.69) is 48.7 Å². The molecule has 1 aromatic rings. The molecule has 1 heterocycles. The first kappa shape index (κ1) is 17.4. The molecule has 2 N–H and O–H groups in total. The molecule has 1 aliphatic carbocycles. The van der Waals surface area contributed by atoms with Gasteiger partial charge in [-0.3, -0.25) is 4.79 Å². The minimum atomic E-state index is -0.0366. The summed E-state index contributed by atoms with van der Waals surface area (Å²) in [6.45, 7) is 8.89. The number of amides is 1. The van der Waals surface area contributed by atoms with Crippen molar-refractivity contribution < 1.29 is 9.53 Å². The van der Waals surface area contributed by atoms with Crippen LogP contribution >= 0.6 is 0 Å². The zero-order valence-corrected chi connectivity index (χ0v) is 15.1. The molecule has 2 aliphatic rings. The summed E-state index contributed by atoms with van der Waals surface area (Å²) in [6, 6.07) is 8.55. The third-order valence-electron chi connectivity index (χ3n) is 5.43. The minimum absolute atomic E-state index is 0.0215. The molecule has 0 aromatic heterocycles. The molecule has 3 rings (SSSR count). The number of piperidine rings is 1. The topological polar surface area (TPSA) is 50.4 Å². The third kappa shape index (κ3) is 3.09. The molecule has 1 amide bonds. The Morgan fingerprint density at radius 1 is 1.33 bits per heavy atom. The van der Waals surface area contributed by atoms with E-state index in [1.807, 2.05) is 6.92 Å². The van der Waals surface area contributed by atoms with Gasteiger partial charge in [-0.15, -0.1) is 0 Å². The van der Waals surface area contributed by atoms with Crippen LogP contribution in [0.15, 0.2) is 24.3 Å². The molecular formula is C20H30N2O2. The van der Waals surface area contributed by atoms with Crippen LogP contribution in [0, 0.1) is 5.92 Å². The van der Waals surface area contributed by atoms with Gasteiger partial charge in [0.15, 0.2) is 0 Å². The average Bonchev–Trinajstić information content (AvgIpc) is 2.79. The van der Waals surface area contributed by atoms with E-state index in [0.717, 1.165) is 25.9 Å². The first-order valence-electron chi connectivity index (χ1n) is 9.29. The predicted octanol–water partition coefficient (Wildman–Crippen LogP) is 2.93. The summed E-state index contributed by atoms with van der Waals surface area (Å²) >= 11 is 0. The van der Waals surface area contributed by atoms with Gasteiger partial charge in [-0.2, -0.15) is 0 Å². The summed E-state index contributed by atoms with van der Waals surface area (Å²) in [7, 11) is 0. The Bertz CT molecular complexity index is 579. The van der Waals surface area contributed by atoms with Crippen LogP contribution in [0.2, 0.25) is 0 Å². The van der Waals surface area contributed by atoms with E-state index in [1.54, 1.807) is 0 Å². The number of fused-ring (bicyclic) bond motifs is 2. The molecule has 0 bridgehead atoms. The number of hydrogen-bond donors (Lipinski definition) is 2. The van der Waals surface area contributed by atoms with Gasteiger partial charge >= 0.3 is 0 Å². The van der Waals surface area contributed by atoms with E-state index in [-0.39, 0.29) is 23.5 Å². The van der Waals surface area contributed by atoms with Crippen molar-refractivity contribution in [1.82, 2.24) is 10.6 Å². The summed E-state index contributed by atoms with van der Waals surface area (Å²) in [5, 5.41) is 6.76. The second-order valence-corrected chi connectivity index (χ2v) is 7.51. The second kappa shape index (κ2) is 7.24. The zero-order chi connectivity index (χ0) is 17.2. The molecule has 1 fully saturated rings. The van der Waals surface area contributed by atoms with Crippen LogP contribution in [-0.2, 0) is 14.9 Å². The smallest absolute Gasteiger partial charge is 0.220 e. The fourth-order valence-corrected chi connectivity index (χ4v) is 4.48. The van der Waals surface area contributed by atoms with Crippen molar-refractivity contribution in [3.8, 4) is 0 Å². The van der Waals surface area contributed by atoms with Gasteiger partial charge in [-0.1, -0.05) is 38.1 Å². The Morgan fingerprint density at radius 2 is 2.04 bits per heavy atom. The van der Waals surface area contributed by atoms with Crippen molar-refractivity contribution in [3.63, 3.8) is 0 Å². The van der Waals surface area contributed by atoms with E-state index >= 15 is 0 Å². The number of rotatable bonds is 5. The number of benzene rings is 1. The van der Waals surface area contributed by atoms with Gasteiger partial charge in [-0.05, 0) is 49.9 Å². The number of nitrogens with one attached hydrogen (secondary N) is 2. The second-order valence-electron chi connectivity index (χ2n) is 7.51. The molecule has 24 heavy (non-hydrogen) atoms. The van der Waals surface area contributed by atoms with Crippen molar-refractivity contribution >= 4 is 5.91 Å². The van der Waals surface area contributed by atoms with Crippen LogP contribution in [0.3, 0.4) is 0 Å². The van der Waals surface area contributed by atoms with Crippen LogP contribution in [0.25, 0.3) is 0 Å². The molecule has 1 spiro atoms. The first-order valence-corrected chi connectivity index (χ1v) is 9.29. The van der Waals surface area contributed by atoms with E-state index in [0.29, 0.717) is 18.9 Å². The third-order valence-corrected chi connectivity index (χ3v) is 5.43. The van der Waals surface area contributed by atoms with Crippen LogP contribution in [0.5, 0.6) is 0 Å². The maximum absolute atomic E-state index is 12.5. The fraction of sp³-hybridized carbons (Fsp3) is 0.650. The van der Waals surface area contributed by atoms with Gasteiger partial charge in [0.05, 0.1) is 12.1 Å². The number of carbonyl (C=O) groups excluding carboxylic acids is 1. The van der Waals surface area contributed by atoms with Gasteiger partial charge in [0.1, 0.15) is 0 Å². The number of ether oxygens (including phenoxy) is 1. The van der Waals surface area contributed by atoms with Crippen LogP contribution in [0.4, 0.5) is 0 Å². The molecule has 1 aromatic carbocycles. The van der Waals surface area contributed by atoms with E-state index in [9.17, 15) is 4.79 Å². The summed E-state index contributed by atoms with van der Waals surface area (Å²) in [5.74, 6) is 0.487. The highest BCUT2D eigenvalue weighted by atomic mass is 16.5. The molecular weight excluding hydrogens is 300 g/mol. The van der Waals surface area contributed by atoms with Gasteiger partial charge < -0.3 is 15.4 Å². The predicted molar refractivity (Wildman–Crippen MR) is 96.0 cm³/mol. The first-order chi connectivity index (χ1) is 11.6. The largest absolute Gasteiger partial charge is 0.375 e. The normalized spacial score (nSPS) is 25.0. The molecule has 0 radical (unpaired) electrons. The highest BCUT2D eigenvalue weighted by molar-refractivity contribution is 5.77. The summed E-state index contributed by atoms with van der Waals surface area (Å²) in [4.78, 5) is 12.5. The van der Waals surface area contributed by atoms with Crippen molar-refractivity contribution in [2.75, 3.05) is 19.7 Å². The maximum atomic E-state index is 12.5. The average molecular weight is 330 g/mol. The SMILES string of the molecule is CCO[C@H]1[C@H](NC(=O)CC(C)C)c2ccccc2C12CCNCC2. The Balaban J connectivity index is 1.96. The van der Waals surface area contributed by atoms with Crippen molar-refractivity contribution in [2.24, 2.45) is 5.92 Å². The van der Waals surface area contributed by atoms with Gasteiger partial charge in [-0.25, -0.2) is 0 Å². The van der Waals surface area contributed by atoms with Crippen molar-refractivity contribution in [3.05, 3.63) is 35.4 Å². The zero-order valence-electron chi connectivity index (χ0n) is 15.1. The van der Waals surface area contributed by atoms with Gasteiger partial charge in [0.25, 0.3) is 0 Å². The lowest BCUT2D eigenvalue weighted by atomic mass is 9.72. The maximum Gasteiger partial charge on any atom is 0.220 e. The standard InChI is InChI=1S/C20H30N2O2/c1-4-24-19-18(22-17(23)13-14(2)3)15-7-5-6-8-16(15)20(19)9-11-21-12-10-20/h5-8,14,18-19,21H,4,9-13H2,1-3H3,(H,22,23)/t18-,19+/m1/s1. The quantitative estimate of drug-likeness (QED) is 0.873. The molecule has 1 aliphatic heterocycles. The number of carbonyl (C=O) groups is 1. The van der Waals surface area contributed by atoms with E-state index < -0.39 is 0 Å². The molecule has 132 valence electrons. The lowest BCUT2D eigenvalue weighted by Gasteiger charge is -2.41. The van der Waals surface area contributed by atoms with Crippen molar-refractivity contribution in [2.45, 2.75) is 57.6 Å². The summed E-state index contributed by atoms with van der Waals surface area (Å²) < 4.78 is 6.25. The highest BCUT2D eigenvalue weighted by Crippen LogP contribution is 2.51. The van der Waals surface area contributed by atoms with E-state index in [1.165, 1.54) is 11.1 Å². The Morgan fingerprint density at radius 3 is 2.71 bits per heavy atom. The Kier molecular flexibility index (Phi) is 5.26. The van der Waals surface area contributed by atoms with E-state index in [4.69, 9.17) is 4.74 Å². The van der Waals surface area contributed by atoms with Crippen LogP contribution < -0.4 is 10.6 Å².